The van der Waals surface area contributed by atoms with Crippen molar-refractivity contribution in [3.8, 4) is 0 Å². The van der Waals surface area contributed by atoms with Crippen molar-refractivity contribution in [3.63, 3.8) is 0 Å². The second kappa shape index (κ2) is 5.29. The minimum absolute atomic E-state index is 0.371. The van der Waals surface area contributed by atoms with Gasteiger partial charge in [-0.15, -0.1) is 11.3 Å². The van der Waals surface area contributed by atoms with Gasteiger partial charge in [0.1, 0.15) is 5.82 Å². The van der Waals surface area contributed by atoms with Crippen molar-refractivity contribution in [3.05, 3.63) is 52.0 Å². The molecule has 0 amide bonds. The van der Waals surface area contributed by atoms with Gasteiger partial charge < -0.3 is 10.8 Å². The van der Waals surface area contributed by atoms with Gasteiger partial charge in [-0.2, -0.15) is 0 Å². The molecule has 1 heterocycles. The number of aryl methyl sites for hydroxylation is 1. The van der Waals surface area contributed by atoms with Crippen LogP contribution in [0.25, 0.3) is 0 Å². The Bertz CT molecular complexity index is 484. The quantitative estimate of drug-likeness (QED) is 0.820. The Morgan fingerprint density at radius 1 is 1.35 bits per heavy atom. The molecule has 0 bridgehead atoms. The van der Waals surface area contributed by atoms with Gasteiger partial charge in [-0.05, 0) is 42.5 Å². The highest BCUT2D eigenvalue weighted by molar-refractivity contribution is 7.09. The van der Waals surface area contributed by atoms with Crippen LogP contribution in [0.3, 0.4) is 0 Å². The van der Waals surface area contributed by atoms with E-state index in [1.54, 1.807) is 11.3 Å². The zero-order valence-corrected chi connectivity index (χ0v) is 10.1. The Hall–Kier alpha value is -1.39. The molecule has 2 rings (SSSR count). The molecule has 0 aliphatic carbocycles. The summed E-state index contributed by atoms with van der Waals surface area (Å²) in [5, 5.41) is 12.0. The van der Waals surface area contributed by atoms with Gasteiger partial charge >= 0.3 is 0 Å². The monoisotopic (exact) mass is 251 g/mol. The topological polar surface area (TPSA) is 46.2 Å². The highest BCUT2D eigenvalue weighted by Crippen LogP contribution is 2.26. The minimum Gasteiger partial charge on any atom is -0.398 e. The summed E-state index contributed by atoms with van der Waals surface area (Å²) in [5.41, 5.74) is 6.62. The van der Waals surface area contributed by atoms with E-state index < -0.39 is 6.10 Å². The molecule has 17 heavy (non-hydrogen) atoms. The average Bonchev–Trinajstić information content (AvgIpc) is 2.82. The van der Waals surface area contributed by atoms with Crippen LogP contribution < -0.4 is 5.73 Å². The normalized spacial score (nSPS) is 12.6. The molecule has 1 aromatic carbocycles. The van der Waals surface area contributed by atoms with Crippen LogP contribution in [0.2, 0.25) is 0 Å². The second-order valence-electron chi connectivity index (χ2n) is 3.91. The Kier molecular flexibility index (Phi) is 3.76. The third kappa shape index (κ3) is 3.05. The number of rotatable bonds is 4. The lowest BCUT2D eigenvalue weighted by molar-refractivity contribution is 0.168. The second-order valence-corrected chi connectivity index (χ2v) is 4.94. The number of aliphatic hydroxyl groups excluding tert-OH is 1. The number of nitrogen functional groups attached to an aromatic ring is 1. The van der Waals surface area contributed by atoms with Crippen molar-refractivity contribution in [1.29, 1.82) is 0 Å². The molecule has 1 atom stereocenters. The van der Waals surface area contributed by atoms with Crippen LogP contribution in [-0.4, -0.2) is 5.11 Å². The standard InChI is InChI=1S/C13H14FNOS/c14-9-3-5-12(15)11(8-9)13(16)6-4-10-2-1-7-17-10/h1-3,5,7-8,13,16H,4,6,15H2. The molecular formula is C13H14FNOS. The molecule has 0 aliphatic rings. The number of nitrogens with two attached hydrogens (primary N) is 1. The molecule has 3 N–H and O–H groups in total. The summed E-state index contributed by atoms with van der Waals surface area (Å²) in [6, 6.07) is 8.08. The van der Waals surface area contributed by atoms with Crippen LogP contribution in [0.4, 0.5) is 10.1 Å². The zero-order chi connectivity index (χ0) is 12.3. The average molecular weight is 251 g/mol. The van der Waals surface area contributed by atoms with Gasteiger partial charge in [-0.1, -0.05) is 6.07 Å². The van der Waals surface area contributed by atoms with E-state index in [2.05, 4.69) is 0 Å². The van der Waals surface area contributed by atoms with Gasteiger partial charge in [-0.3, -0.25) is 0 Å². The van der Waals surface area contributed by atoms with Crippen molar-refractivity contribution in [2.75, 3.05) is 5.73 Å². The van der Waals surface area contributed by atoms with Crippen LogP contribution in [0.1, 0.15) is 23.0 Å². The van der Waals surface area contributed by atoms with Gasteiger partial charge in [-0.25, -0.2) is 4.39 Å². The van der Waals surface area contributed by atoms with Crippen LogP contribution in [0, 0.1) is 5.82 Å². The van der Waals surface area contributed by atoms with Crippen LogP contribution >= 0.6 is 11.3 Å². The first-order valence-corrected chi connectivity index (χ1v) is 6.30. The van der Waals surface area contributed by atoms with E-state index in [1.165, 1.54) is 23.1 Å². The molecule has 2 nitrogen and oxygen atoms in total. The van der Waals surface area contributed by atoms with Gasteiger partial charge in [0.2, 0.25) is 0 Å². The highest BCUT2D eigenvalue weighted by atomic mass is 32.1. The SMILES string of the molecule is Nc1ccc(F)cc1C(O)CCc1cccs1. The molecule has 0 spiro atoms. The molecule has 90 valence electrons. The number of thiophene rings is 1. The van der Waals surface area contributed by atoms with E-state index >= 15 is 0 Å². The van der Waals surface area contributed by atoms with E-state index in [0.717, 1.165) is 6.42 Å². The fourth-order valence-corrected chi connectivity index (χ4v) is 2.45. The summed E-state index contributed by atoms with van der Waals surface area (Å²) >= 11 is 1.65. The highest BCUT2D eigenvalue weighted by Gasteiger charge is 2.12. The number of benzene rings is 1. The predicted molar refractivity (Wildman–Crippen MR) is 68.4 cm³/mol. The van der Waals surface area contributed by atoms with Crippen LogP contribution in [0.5, 0.6) is 0 Å². The van der Waals surface area contributed by atoms with Gasteiger partial charge in [0, 0.05) is 16.1 Å². The number of hydrogen-bond donors (Lipinski definition) is 2. The number of aliphatic hydroxyl groups is 1. The third-order valence-corrected chi connectivity index (χ3v) is 3.59. The molecule has 0 saturated heterocycles. The van der Waals surface area contributed by atoms with Gasteiger partial charge in [0.05, 0.1) is 6.10 Å². The maximum Gasteiger partial charge on any atom is 0.123 e. The van der Waals surface area contributed by atoms with Crippen LogP contribution in [0.15, 0.2) is 35.7 Å². The number of anilines is 1. The fourth-order valence-electron chi connectivity index (χ4n) is 1.72. The maximum atomic E-state index is 13.1. The van der Waals surface area contributed by atoms with E-state index in [0.29, 0.717) is 17.7 Å². The fraction of sp³-hybridized carbons (Fsp3) is 0.231. The summed E-state index contributed by atoms with van der Waals surface area (Å²) in [4.78, 5) is 1.21. The summed E-state index contributed by atoms with van der Waals surface area (Å²) in [7, 11) is 0. The minimum atomic E-state index is -0.715. The maximum absolute atomic E-state index is 13.1. The lowest BCUT2D eigenvalue weighted by Gasteiger charge is -2.12. The van der Waals surface area contributed by atoms with Gasteiger partial charge in [0.25, 0.3) is 0 Å². The molecular weight excluding hydrogens is 237 g/mol. The third-order valence-electron chi connectivity index (χ3n) is 2.65. The lowest BCUT2D eigenvalue weighted by Crippen LogP contribution is -2.04. The van der Waals surface area contributed by atoms with Crippen LogP contribution in [-0.2, 0) is 6.42 Å². The van der Waals surface area contributed by atoms with Crippen molar-refractivity contribution in [2.45, 2.75) is 18.9 Å². The first-order chi connectivity index (χ1) is 8.16. The molecule has 0 fully saturated rings. The molecule has 2 aromatic rings. The molecule has 1 aromatic heterocycles. The van der Waals surface area contributed by atoms with Crippen molar-refractivity contribution < 1.29 is 9.50 Å². The van der Waals surface area contributed by atoms with Gasteiger partial charge in [0.15, 0.2) is 0 Å². The first-order valence-electron chi connectivity index (χ1n) is 5.42. The summed E-state index contributed by atoms with van der Waals surface area (Å²) < 4.78 is 13.1. The largest absolute Gasteiger partial charge is 0.398 e. The Morgan fingerprint density at radius 2 is 2.18 bits per heavy atom. The van der Waals surface area contributed by atoms with E-state index in [9.17, 15) is 9.50 Å². The van der Waals surface area contributed by atoms with Crippen molar-refractivity contribution >= 4 is 17.0 Å². The molecule has 1 unspecified atom stereocenters. The molecule has 0 aliphatic heterocycles. The molecule has 4 heteroatoms. The number of halogens is 1. The van der Waals surface area contributed by atoms with Crippen molar-refractivity contribution in [1.82, 2.24) is 0 Å². The Balaban J connectivity index is 2.04. The van der Waals surface area contributed by atoms with Crippen molar-refractivity contribution in [2.24, 2.45) is 0 Å². The zero-order valence-electron chi connectivity index (χ0n) is 9.27. The lowest BCUT2D eigenvalue weighted by atomic mass is 10.0. The van der Waals surface area contributed by atoms with E-state index in [4.69, 9.17) is 5.73 Å². The van der Waals surface area contributed by atoms with E-state index in [-0.39, 0.29) is 5.82 Å². The Labute approximate surface area is 104 Å². The Morgan fingerprint density at radius 3 is 2.88 bits per heavy atom. The molecule has 0 radical (unpaired) electrons. The summed E-state index contributed by atoms with van der Waals surface area (Å²) in [6.45, 7) is 0. The molecule has 0 saturated carbocycles. The first kappa shape index (κ1) is 12.1. The predicted octanol–water partition coefficient (Wildman–Crippen LogP) is 3.14. The number of hydrogen-bond acceptors (Lipinski definition) is 3. The smallest absolute Gasteiger partial charge is 0.123 e. The summed E-state index contributed by atoms with van der Waals surface area (Å²) in [6.07, 6.45) is 0.607. The van der Waals surface area contributed by atoms with E-state index in [1.807, 2.05) is 17.5 Å². The summed E-state index contributed by atoms with van der Waals surface area (Å²) in [5.74, 6) is -0.371.